The molecule has 0 radical (unpaired) electrons. The smallest absolute Gasteiger partial charge is 0.260 e. The number of benzene rings is 1. The highest BCUT2D eigenvalue weighted by atomic mass is 16.5. The zero-order valence-electron chi connectivity index (χ0n) is 15.1. The fourth-order valence-corrected chi connectivity index (χ4v) is 3.63. The van der Waals surface area contributed by atoms with Gasteiger partial charge in [-0.3, -0.25) is 4.79 Å². The van der Waals surface area contributed by atoms with E-state index in [1.807, 2.05) is 29.2 Å². The van der Waals surface area contributed by atoms with E-state index < -0.39 is 0 Å². The zero-order valence-corrected chi connectivity index (χ0v) is 15.1. The average molecular weight is 345 g/mol. The first-order chi connectivity index (χ1) is 12.2. The van der Waals surface area contributed by atoms with Crippen LogP contribution in [0.1, 0.15) is 19.3 Å². The second-order valence-electron chi connectivity index (χ2n) is 6.95. The quantitative estimate of drug-likeness (QED) is 0.787. The van der Waals surface area contributed by atoms with Crippen molar-refractivity contribution in [2.24, 2.45) is 5.92 Å². The maximum absolute atomic E-state index is 12.3. The summed E-state index contributed by atoms with van der Waals surface area (Å²) in [7, 11) is 1.63. The van der Waals surface area contributed by atoms with Crippen LogP contribution in [-0.2, 0) is 4.79 Å². The molecule has 1 aliphatic carbocycles. The van der Waals surface area contributed by atoms with Crippen molar-refractivity contribution in [2.75, 3.05) is 46.4 Å². The Labute approximate surface area is 150 Å². The number of nitrogens with one attached hydrogen (secondary N) is 1. The van der Waals surface area contributed by atoms with E-state index in [-0.39, 0.29) is 12.5 Å². The van der Waals surface area contributed by atoms with Crippen LogP contribution in [0.15, 0.2) is 36.4 Å². The SMILES string of the molecule is COc1ccc(OCC(=O)N2CC[NH+](CC3CC=CCC3)CC2)cc1. The molecular formula is C20H29N2O3+. The first-order valence-electron chi connectivity index (χ1n) is 9.28. The molecule has 25 heavy (non-hydrogen) atoms. The Kier molecular flexibility index (Phi) is 6.34. The van der Waals surface area contributed by atoms with Crippen LogP contribution in [0.25, 0.3) is 0 Å². The predicted molar refractivity (Wildman–Crippen MR) is 97.1 cm³/mol. The molecule has 1 unspecified atom stereocenters. The lowest BCUT2D eigenvalue weighted by Crippen LogP contribution is -3.15. The monoisotopic (exact) mass is 345 g/mol. The highest BCUT2D eigenvalue weighted by Crippen LogP contribution is 2.17. The standard InChI is InChI=1S/C20H28N2O3/c1-24-18-7-9-19(10-8-18)25-16-20(23)22-13-11-21(12-14-22)15-17-5-3-2-4-6-17/h2-3,7-10,17H,4-6,11-16H2,1H3/p+1. The molecule has 1 aromatic carbocycles. The molecule has 1 aliphatic heterocycles. The van der Waals surface area contributed by atoms with E-state index in [2.05, 4.69) is 12.2 Å². The number of amides is 1. The first kappa shape index (κ1) is 17.8. The summed E-state index contributed by atoms with van der Waals surface area (Å²) in [6.45, 7) is 5.12. The lowest BCUT2D eigenvalue weighted by molar-refractivity contribution is -0.907. The molecule has 1 N–H and O–H groups in total. The van der Waals surface area contributed by atoms with Gasteiger partial charge in [0.1, 0.15) is 11.5 Å². The van der Waals surface area contributed by atoms with Gasteiger partial charge in [-0.1, -0.05) is 12.2 Å². The molecule has 2 aliphatic rings. The van der Waals surface area contributed by atoms with Crippen LogP contribution in [0, 0.1) is 5.92 Å². The van der Waals surface area contributed by atoms with E-state index in [1.165, 1.54) is 25.8 Å². The van der Waals surface area contributed by atoms with Crippen molar-refractivity contribution in [3.05, 3.63) is 36.4 Å². The van der Waals surface area contributed by atoms with Crippen molar-refractivity contribution in [3.8, 4) is 11.5 Å². The fraction of sp³-hybridized carbons (Fsp3) is 0.550. The third kappa shape index (κ3) is 5.23. The maximum Gasteiger partial charge on any atom is 0.260 e. The number of ether oxygens (including phenoxy) is 2. The molecular weight excluding hydrogens is 316 g/mol. The van der Waals surface area contributed by atoms with Gasteiger partial charge in [0, 0.05) is 5.92 Å². The fourth-order valence-electron chi connectivity index (χ4n) is 3.63. The second-order valence-corrected chi connectivity index (χ2v) is 6.95. The summed E-state index contributed by atoms with van der Waals surface area (Å²) in [4.78, 5) is 15.9. The van der Waals surface area contributed by atoms with Crippen LogP contribution >= 0.6 is 0 Å². The van der Waals surface area contributed by atoms with Crippen molar-refractivity contribution in [2.45, 2.75) is 19.3 Å². The van der Waals surface area contributed by atoms with E-state index in [0.29, 0.717) is 5.75 Å². The lowest BCUT2D eigenvalue weighted by atomic mass is 9.94. The van der Waals surface area contributed by atoms with E-state index in [9.17, 15) is 4.79 Å². The van der Waals surface area contributed by atoms with Crippen molar-refractivity contribution in [3.63, 3.8) is 0 Å². The lowest BCUT2D eigenvalue weighted by Gasteiger charge is -2.34. The second kappa shape index (κ2) is 8.90. The number of carbonyl (C=O) groups is 1. The maximum atomic E-state index is 12.3. The molecule has 1 fully saturated rings. The summed E-state index contributed by atoms with van der Waals surface area (Å²) >= 11 is 0. The molecule has 3 rings (SSSR count). The molecule has 1 aromatic rings. The Hall–Kier alpha value is -2.01. The third-order valence-electron chi connectivity index (χ3n) is 5.20. The number of quaternary nitrogens is 1. The Morgan fingerprint density at radius 3 is 2.52 bits per heavy atom. The molecule has 0 aromatic heterocycles. The van der Waals surface area contributed by atoms with Gasteiger partial charge < -0.3 is 19.3 Å². The summed E-state index contributed by atoms with van der Waals surface area (Å²) in [6.07, 6.45) is 8.39. The van der Waals surface area contributed by atoms with Crippen molar-refractivity contribution in [1.82, 2.24) is 4.90 Å². The number of piperazine rings is 1. The molecule has 0 spiro atoms. The van der Waals surface area contributed by atoms with E-state index >= 15 is 0 Å². The summed E-state index contributed by atoms with van der Waals surface area (Å²) in [5.41, 5.74) is 0. The molecule has 0 saturated carbocycles. The van der Waals surface area contributed by atoms with Gasteiger partial charge in [-0.25, -0.2) is 0 Å². The normalized spacial score (nSPS) is 21.2. The Balaban J connectivity index is 1.38. The minimum Gasteiger partial charge on any atom is -0.497 e. The van der Waals surface area contributed by atoms with Gasteiger partial charge in [0.05, 0.1) is 39.8 Å². The number of rotatable bonds is 6. The summed E-state index contributed by atoms with van der Waals surface area (Å²) in [5, 5.41) is 0. The van der Waals surface area contributed by atoms with Crippen LogP contribution in [0.2, 0.25) is 0 Å². The van der Waals surface area contributed by atoms with Crippen LogP contribution < -0.4 is 14.4 Å². The summed E-state index contributed by atoms with van der Waals surface area (Å²) in [6, 6.07) is 7.32. The number of carbonyl (C=O) groups excluding carboxylic acids is 1. The molecule has 1 heterocycles. The van der Waals surface area contributed by atoms with E-state index in [4.69, 9.17) is 9.47 Å². The number of methoxy groups -OCH3 is 1. The molecule has 5 heteroatoms. The van der Waals surface area contributed by atoms with Gasteiger partial charge in [0.25, 0.3) is 5.91 Å². The minimum atomic E-state index is 0.0791. The van der Waals surface area contributed by atoms with Crippen LogP contribution in [0.3, 0.4) is 0 Å². The summed E-state index contributed by atoms with van der Waals surface area (Å²) < 4.78 is 10.7. The topological polar surface area (TPSA) is 43.2 Å². The number of nitrogens with zero attached hydrogens (tertiary/aromatic N) is 1. The number of hydrogen-bond donors (Lipinski definition) is 1. The van der Waals surface area contributed by atoms with Crippen LogP contribution in [-0.4, -0.2) is 57.2 Å². The molecule has 1 amide bonds. The number of hydrogen-bond acceptors (Lipinski definition) is 3. The average Bonchev–Trinajstić information content (AvgIpc) is 2.68. The van der Waals surface area contributed by atoms with Gasteiger partial charge in [-0.05, 0) is 43.5 Å². The Morgan fingerprint density at radius 1 is 1.16 bits per heavy atom. The molecule has 1 atom stereocenters. The zero-order chi connectivity index (χ0) is 17.5. The van der Waals surface area contributed by atoms with Gasteiger partial charge in [-0.2, -0.15) is 0 Å². The minimum absolute atomic E-state index is 0.0791. The third-order valence-corrected chi connectivity index (χ3v) is 5.20. The van der Waals surface area contributed by atoms with Crippen LogP contribution in [0.4, 0.5) is 0 Å². The van der Waals surface area contributed by atoms with E-state index in [0.717, 1.165) is 37.8 Å². The predicted octanol–water partition coefficient (Wildman–Crippen LogP) is 1.16. The largest absolute Gasteiger partial charge is 0.497 e. The Morgan fingerprint density at radius 2 is 1.88 bits per heavy atom. The molecule has 136 valence electrons. The molecule has 1 saturated heterocycles. The van der Waals surface area contributed by atoms with Crippen molar-refractivity contribution in [1.29, 1.82) is 0 Å². The molecule has 5 nitrogen and oxygen atoms in total. The first-order valence-corrected chi connectivity index (χ1v) is 9.28. The van der Waals surface area contributed by atoms with E-state index in [1.54, 1.807) is 12.0 Å². The highest BCUT2D eigenvalue weighted by Gasteiger charge is 2.26. The van der Waals surface area contributed by atoms with Gasteiger partial charge >= 0.3 is 0 Å². The Bertz CT molecular complexity index is 577. The van der Waals surface area contributed by atoms with Gasteiger partial charge in [-0.15, -0.1) is 0 Å². The highest BCUT2D eigenvalue weighted by molar-refractivity contribution is 5.77. The molecule has 0 bridgehead atoms. The van der Waals surface area contributed by atoms with Crippen molar-refractivity contribution >= 4 is 5.91 Å². The van der Waals surface area contributed by atoms with Gasteiger partial charge in [0.15, 0.2) is 6.61 Å². The number of allylic oxidation sites excluding steroid dienone is 2. The van der Waals surface area contributed by atoms with Crippen LogP contribution in [0.5, 0.6) is 11.5 Å². The summed E-state index contributed by atoms with van der Waals surface area (Å²) in [5.74, 6) is 2.38. The van der Waals surface area contributed by atoms with Gasteiger partial charge in [0.2, 0.25) is 0 Å². The van der Waals surface area contributed by atoms with Crippen molar-refractivity contribution < 1.29 is 19.2 Å².